The number of phenolic OH excluding ortho intramolecular Hbond substituents is 1. The zero-order valence-electron chi connectivity index (χ0n) is 8.42. The Balaban J connectivity index is 2.94. The van der Waals surface area contributed by atoms with Crippen LogP contribution in [0.15, 0.2) is 36.9 Å². The van der Waals surface area contributed by atoms with Crippen molar-refractivity contribution in [1.82, 2.24) is 0 Å². The number of fused-ring (bicyclic) bond motifs is 1. The van der Waals surface area contributed by atoms with Gasteiger partial charge in [0.15, 0.2) is 0 Å². The van der Waals surface area contributed by atoms with Gasteiger partial charge in [-0.25, -0.2) is 0 Å². The van der Waals surface area contributed by atoms with Gasteiger partial charge < -0.3 is 5.11 Å². The molecule has 1 N–H and O–H groups in total. The van der Waals surface area contributed by atoms with E-state index in [1.54, 1.807) is 12.1 Å². The zero-order chi connectivity index (χ0) is 11.0. The molecule has 0 aliphatic carbocycles. The first-order valence-electron chi connectivity index (χ1n) is 4.66. The minimum absolute atomic E-state index is 0.239. The third-order valence-corrected chi connectivity index (χ3v) is 2.69. The molecular weight excluding hydrogens is 208 g/mol. The molecule has 2 rings (SSSR count). The van der Waals surface area contributed by atoms with Crippen LogP contribution >= 0.6 is 11.6 Å². The number of aromatic hydroxyl groups is 1. The summed E-state index contributed by atoms with van der Waals surface area (Å²) in [7, 11) is 0. The van der Waals surface area contributed by atoms with Crippen molar-refractivity contribution < 1.29 is 5.11 Å². The third-order valence-electron chi connectivity index (χ3n) is 2.37. The second-order valence-electron chi connectivity index (χ2n) is 3.61. The van der Waals surface area contributed by atoms with Crippen LogP contribution in [-0.2, 0) is 0 Å². The van der Waals surface area contributed by atoms with E-state index in [4.69, 9.17) is 11.6 Å². The predicted molar refractivity (Wildman–Crippen MR) is 65.3 cm³/mol. The van der Waals surface area contributed by atoms with Crippen LogP contribution in [-0.4, -0.2) is 5.11 Å². The number of allylic oxidation sites excluding steroid dienone is 1. The summed E-state index contributed by atoms with van der Waals surface area (Å²) in [6.45, 7) is 5.79. The molecule has 15 heavy (non-hydrogen) atoms. The molecule has 0 aliphatic heterocycles. The van der Waals surface area contributed by atoms with Crippen molar-refractivity contribution >= 4 is 27.9 Å². The highest BCUT2D eigenvalue weighted by Gasteiger charge is 2.07. The van der Waals surface area contributed by atoms with Gasteiger partial charge in [-0.2, -0.15) is 0 Å². The van der Waals surface area contributed by atoms with E-state index in [9.17, 15) is 5.11 Å². The van der Waals surface area contributed by atoms with E-state index in [1.807, 2.05) is 25.1 Å². The second kappa shape index (κ2) is 3.59. The van der Waals surface area contributed by atoms with Gasteiger partial charge in [-0.3, -0.25) is 0 Å². The smallest absolute Gasteiger partial charge is 0.116 e. The van der Waals surface area contributed by atoms with Crippen molar-refractivity contribution in [3.63, 3.8) is 0 Å². The van der Waals surface area contributed by atoms with Gasteiger partial charge in [-0.1, -0.05) is 35.9 Å². The average Bonchev–Trinajstić information content (AvgIpc) is 2.16. The van der Waals surface area contributed by atoms with Gasteiger partial charge >= 0.3 is 0 Å². The van der Waals surface area contributed by atoms with Gasteiger partial charge in [0.05, 0.1) is 0 Å². The molecule has 0 heterocycles. The lowest BCUT2D eigenvalue weighted by molar-refractivity contribution is 0.476. The molecule has 2 heteroatoms. The highest BCUT2D eigenvalue weighted by atomic mass is 35.5. The van der Waals surface area contributed by atoms with E-state index < -0.39 is 0 Å². The average molecular weight is 219 g/mol. The van der Waals surface area contributed by atoms with Crippen LogP contribution in [0.4, 0.5) is 0 Å². The van der Waals surface area contributed by atoms with Gasteiger partial charge in [0.25, 0.3) is 0 Å². The Morgan fingerprint density at radius 2 is 2.07 bits per heavy atom. The number of benzene rings is 2. The minimum atomic E-state index is 0.239. The maximum absolute atomic E-state index is 9.57. The van der Waals surface area contributed by atoms with Gasteiger partial charge in [0, 0.05) is 10.4 Å². The molecule has 0 unspecified atom stereocenters. The fraction of sp³-hybridized carbons (Fsp3) is 0.0769. The summed E-state index contributed by atoms with van der Waals surface area (Å²) in [6.07, 6.45) is 0. The lowest BCUT2D eigenvalue weighted by Crippen LogP contribution is -1.84. The molecule has 2 aromatic rings. The van der Waals surface area contributed by atoms with Gasteiger partial charge in [0.2, 0.25) is 0 Å². The fourth-order valence-electron chi connectivity index (χ4n) is 1.70. The van der Waals surface area contributed by atoms with E-state index in [0.717, 1.165) is 21.9 Å². The first kappa shape index (κ1) is 10.1. The Morgan fingerprint density at radius 3 is 2.73 bits per heavy atom. The standard InChI is InChI=1S/C13H11ClO/c1-8(2)11-7-10(15)6-9-4-3-5-12(14)13(9)11/h3-7,15H,1H2,2H3. The number of hydrogen-bond donors (Lipinski definition) is 1. The molecule has 2 aromatic carbocycles. The molecular formula is C13H11ClO. The third kappa shape index (κ3) is 1.71. The molecule has 0 spiro atoms. The van der Waals surface area contributed by atoms with Crippen LogP contribution in [0, 0.1) is 0 Å². The lowest BCUT2D eigenvalue weighted by Gasteiger charge is -2.08. The summed E-state index contributed by atoms with van der Waals surface area (Å²) in [5.74, 6) is 0.239. The Bertz CT molecular complexity index is 543. The van der Waals surface area contributed by atoms with Crippen LogP contribution < -0.4 is 0 Å². The molecule has 0 radical (unpaired) electrons. The Hall–Kier alpha value is -1.47. The molecule has 0 bridgehead atoms. The highest BCUT2D eigenvalue weighted by Crippen LogP contribution is 2.33. The highest BCUT2D eigenvalue weighted by molar-refractivity contribution is 6.36. The van der Waals surface area contributed by atoms with E-state index >= 15 is 0 Å². The van der Waals surface area contributed by atoms with Crippen molar-refractivity contribution in [2.45, 2.75) is 6.92 Å². The fourth-order valence-corrected chi connectivity index (χ4v) is 1.99. The van der Waals surface area contributed by atoms with Crippen molar-refractivity contribution in [1.29, 1.82) is 0 Å². The Morgan fingerprint density at radius 1 is 1.33 bits per heavy atom. The quantitative estimate of drug-likeness (QED) is 0.760. The van der Waals surface area contributed by atoms with Crippen LogP contribution in [0.25, 0.3) is 16.3 Å². The maximum atomic E-state index is 9.57. The monoisotopic (exact) mass is 218 g/mol. The van der Waals surface area contributed by atoms with Crippen molar-refractivity contribution in [2.24, 2.45) is 0 Å². The number of phenols is 1. The zero-order valence-corrected chi connectivity index (χ0v) is 9.17. The van der Waals surface area contributed by atoms with Crippen LogP contribution in [0.1, 0.15) is 12.5 Å². The number of halogens is 1. The van der Waals surface area contributed by atoms with Crippen LogP contribution in [0.5, 0.6) is 5.75 Å². The first-order valence-corrected chi connectivity index (χ1v) is 5.04. The van der Waals surface area contributed by atoms with E-state index in [2.05, 4.69) is 6.58 Å². The normalized spacial score (nSPS) is 10.5. The number of hydrogen-bond acceptors (Lipinski definition) is 1. The summed E-state index contributed by atoms with van der Waals surface area (Å²) in [5.41, 5.74) is 1.79. The van der Waals surface area contributed by atoms with Crippen LogP contribution in [0.3, 0.4) is 0 Å². The summed E-state index contributed by atoms with van der Waals surface area (Å²) >= 11 is 6.14. The van der Waals surface area contributed by atoms with Crippen molar-refractivity contribution in [2.75, 3.05) is 0 Å². The molecule has 76 valence electrons. The molecule has 0 amide bonds. The molecule has 0 saturated carbocycles. The first-order chi connectivity index (χ1) is 7.09. The summed E-state index contributed by atoms with van der Waals surface area (Å²) < 4.78 is 0. The largest absolute Gasteiger partial charge is 0.508 e. The topological polar surface area (TPSA) is 20.2 Å². The van der Waals surface area contributed by atoms with Crippen molar-refractivity contribution in [3.8, 4) is 5.75 Å². The second-order valence-corrected chi connectivity index (χ2v) is 4.02. The van der Waals surface area contributed by atoms with Gasteiger partial charge in [-0.15, -0.1) is 0 Å². The Kier molecular flexibility index (Phi) is 2.41. The summed E-state index contributed by atoms with van der Waals surface area (Å²) in [4.78, 5) is 0. The van der Waals surface area contributed by atoms with Gasteiger partial charge in [-0.05, 0) is 36.1 Å². The predicted octanol–water partition coefficient (Wildman–Crippen LogP) is 4.23. The maximum Gasteiger partial charge on any atom is 0.116 e. The lowest BCUT2D eigenvalue weighted by atomic mass is 9.99. The number of rotatable bonds is 1. The molecule has 0 aromatic heterocycles. The minimum Gasteiger partial charge on any atom is -0.508 e. The van der Waals surface area contributed by atoms with E-state index in [1.165, 1.54) is 0 Å². The summed E-state index contributed by atoms with van der Waals surface area (Å²) in [6, 6.07) is 9.03. The summed E-state index contributed by atoms with van der Waals surface area (Å²) in [5, 5.41) is 12.1. The van der Waals surface area contributed by atoms with E-state index in [0.29, 0.717) is 5.02 Å². The molecule has 0 atom stereocenters. The SMILES string of the molecule is C=C(C)c1cc(O)cc2cccc(Cl)c12. The van der Waals surface area contributed by atoms with Crippen molar-refractivity contribution in [3.05, 3.63) is 47.5 Å². The molecule has 1 nitrogen and oxygen atoms in total. The Labute approximate surface area is 93.6 Å². The van der Waals surface area contributed by atoms with Gasteiger partial charge in [0.1, 0.15) is 5.75 Å². The van der Waals surface area contributed by atoms with Crippen LogP contribution in [0.2, 0.25) is 5.02 Å². The van der Waals surface area contributed by atoms with E-state index in [-0.39, 0.29) is 5.75 Å². The molecule has 0 aliphatic rings. The molecule has 0 fully saturated rings. The molecule has 0 saturated heterocycles.